The largest absolute Gasteiger partial charge is 0.490 e. The smallest absolute Gasteiger partial charge is 0.230 e. The molecule has 114 valence electrons. The lowest BCUT2D eigenvalue weighted by Gasteiger charge is -2.38. The molecule has 0 saturated heterocycles. The molecule has 2 heterocycles. The molecule has 0 unspecified atom stereocenters. The van der Waals surface area contributed by atoms with Crippen LogP contribution in [-0.2, 0) is 4.79 Å². The van der Waals surface area contributed by atoms with Gasteiger partial charge in [-0.15, -0.1) is 5.10 Å². The summed E-state index contributed by atoms with van der Waals surface area (Å²) >= 11 is 0. The zero-order valence-electron chi connectivity index (χ0n) is 11.9. The molecular weight excluding hydrogens is 287 g/mol. The number of aromatic nitrogens is 3. The van der Waals surface area contributed by atoms with E-state index in [1.54, 1.807) is 21.8 Å². The Morgan fingerprint density at radius 1 is 1.36 bits per heavy atom. The molecule has 1 aromatic carbocycles. The molecule has 1 aliphatic heterocycles. The summed E-state index contributed by atoms with van der Waals surface area (Å²) in [5.41, 5.74) is 0.528. The first-order chi connectivity index (χ1) is 10.7. The molecule has 1 aliphatic carbocycles. The molecule has 1 fully saturated rings. The van der Waals surface area contributed by atoms with Crippen LogP contribution in [0.1, 0.15) is 18.9 Å². The molecule has 1 saturated carbocycles. The number of halogens is 1. The molecular formula is C15H15FN4O2. The van der Waals surface area contributed by atoms with Gasteiger partial charge in [0.2, 0.25) is 5.91 Å². The summed E-state index contributed by atoms with van der Waals surface area (Å²) in [7, 11) is 0. The Morgan fingerprint density at radius 3 is 3.00 bits per heavy atom. The van der Waals surface area contributed by atoms with Crippen LogP contribution in [0.3, 0.4) is 0 Å². The number of fused-ring (bicyclic) bond motifs is 1. The van der Waals surface area contributed by atoms with Crippen LogP contribution in [0.4, 0.5) is 10.1 Å². The van der Waals surface area contributed by atoms with Crippen molar-refractivity contribution in [1.82, 2.24) is 15.0 Å². The fourth-order valence-corrected chi connectivity index (χ4v) is 3.06. The van der Waals surface area contributed by atoms with E-state index in [9.17, 15) is 9.18 Å². The first-order valence-corrected chi connectivity index (χ1v) is 7.32. The quantitative estimate of drug-likeness (QED) is 0.848. The second-order valence-corrected chi connectivity index (χ2v) is 5.66. The van der Waals surface area contributed by atoms with Gasteiger partial charge in [0.15, 0.2) is 0 Å². The zero-order chi connectivity index (χ0) is 15.1. The number of nitrogens with zero attached hydrogens (tertiary/aromatic N) is 4. The summed E-state index contributed by atoms with van der Waals surface area (Å²) in [5, 5.41) is 7.75. The number of hydrogen-bond donors (Lipinski definition) is 0. The minimum absolute atomic E-state index is 0.0338. The highest BCUT2D eigenvalue weighted by atomic mass is 19.1. The Hall–Kier alpha value is -2.44. The van der Waals surface area contributed by atoms with Crippen LogP contribution in [0.25, 0.3) is 0 Å². The van der Waals surface area contributed by atoms with Gasteiger partial charge in [0.1, 0.15) is 18.2 Å². The molecule has 2 aliphatic rings. The highest BCUT2D eigenvalue weighted by molar-refractivity contribution is 5.97. The number of rotatable bonds is 2. The number of hydrogen-bond acceptors (Lipinski definition) is 4. The third-order valence-corrected chi connectivity index (χ3v) is 4.33. The van der Waals surface area contributed by atoms with E-state index in [1.807, 2.05) is 6.20 Å². The third kappa shape index (κ3) is 2.13. The van der Waals surface area contributed by atoms with Gasteiger partial charge in [-0.2, -0.15) is 0 Å². The number of amides is 1. The van der Waals surface area contributed by atoms with Gasteiger partial charge in [0.25, 0.3) is 0 Å². The van der Waals surface area contributed by atoms with Gasteiger partial charge in [-0.3, -0.25) is 4.79 Å². The van der Waals surface area contributed by atoms with Crippen LogP contribution in [0.5, 0.6) is 5.75 Å². The standard InChI is InChI=1S/C15H15FN4O2/c16-11-1-2-14-13(9-11)19(5-6-22-14)15(21)10-7-12(8-10)20-4-3-17-18-20/h1-4,9-10,12H,5-8H2. The van der Waals surface area contributed by atoms with Crippen LogP contribution >= 0.6 is 0 Å². The maximum atomic E-state index is 13.5. The molecule has 0 N–H and O–H groups in total. The number of carbonyl (C=O) groups excluding carboxylic acids is 1. The van der Waals surface area contributed by atoms with Gasteiger partial charge < -0.3 is 9.64 Å². The Labute approximate surface area is 126 Å². The van der Waals surface area contributed by atoms with Crippen molar-refractivity contribution in [2.75, 3.05) is 18.1 Å². The predicted molar refractivity (Wildman–Crippen MR) is 76.0 cm³/mol. The lowest BCUT2D eigenvalue weighted by molar-refractivity contribution is -0.126. The van der Waals surface area contributed by atoms with Crippen molar-refractivity contribution in [1.29, 1.82) is 0 Å². The van der Waals surface area contributed by atoms with Gasteiger partial charge in [0.05, 0.1) is 24.5 Å². The maximum Gasteiger partial charge on any atom is 0.230 e. The van der Waals surface area contributed by atoms with Gasteiger partial charge in [-0.1, -0.05) is 5.21 Å². The van der Waals surface area contributed by atoms with Crippen LogP contribution < -0.4 is 9.64 Å². The monoisotopic (exact) mass is 302 g/mol. The highest BCUT2D eigenvalue weighted by Crippen LogP contribution is 2.41. The molecule has 0 radical (unpaired) electrons. The first kappa shape index (κ1) is 13.2. The fourth-order valence-electron chi connectivity index (χ4n) is 3.06. The topological polar surface area (TPSA) is 60.2 Å². The molecule has 1 amide bonds. The van der Waals surface area contributed by atoms with Crippen LogP contribution in [0.15, 0.2) is 30.6 Å². The van der Waals surface area contributed by atoms with E-state index in [2.05, 4.69) is 10.3 Å². The molecule has 22 heavy (non-hydrogen) atoms. The van der Waals surface area contributed by atoms with Crippen molar-refractivity contribution in [3.05, 3.63) is 36.4 Å². The first-order valence-electron chi connectivity index (χ1n) is 7.32. The summed E-state index contributed by atoms with van der Waals surface area (Å²) < 4.78 is 20.7. The molecule has 4 rings (SSSR count). The van der Waals surface area contributed by atoms with Crippen molar-refractivity contribution in [3.63, 3.8) is 0 Å². The SMILES string of the molecule is O=C(C1CC(n2ccnn2)C1)N1CCOc2ccc(F)cc21. The Bertz CT molecular complexity index is 698. The molecule has 7 heteroatoms. The molecule has 6 nitrogen and oxygen atoms in total. The van der Waals surface area contributed by atoms with E-state index in [-0.39, 0.29) is 23.7 Å². The predicted octanol–water partition coefficient (Wildman–Crippen LogP) is 1.79. The number of carbonyl (C=O) groups is 1. The number of benzene rings is 1. The molecule has 2 aromatic rings. The van der Waals surface area contributed by atoms with Crippen molar-refractivity contribution in [3.8, 4) is 5.75 Å². The maximum absolute atomic E-state index is 13.5. The van der Waals surface area contributed by atoms with Crippen LogP contribution in [0, 0.1) is 11.7 Å². The zero-order valence-corrected chi connectivity index (χ0v) is 11.9. The Kier molecular flexibility index (Phi) is 3.06. The Balaban J connectivity index is 1.50. The second-order valence-electron chi connectivity index (χ2n) is 5.66. The van der Waals surface area contributed by atoms with Crippen LogP contribution in [-0.4, -0.2) is 34.1 Å². The van der Waals surface area contributed by atoms with E-state index < -0.39 is 0 Å². The van der Waals surface area contributed by atoms with Gasteiger partial charge >= 0.3 is 0 Å². The second kappa shape index (κ2) is 5.08. The molecule has 1 aromatic heterocycles. The van der Waals surface area contributed by atoms with Gasteiger partial charge in [-0.05, 0) is 25.0 Å². The normalized spacial score (nSPS) is 23.4. The summed E-state index contributed by atoms with van der Waals surface area (Å²) in [5.74, 6) is 0.180. The van der Waals surface area contributed by atoms with Crippen molar-refractivity contribution in [2.24, 2.45) is 5.92 Å². The number of ether oxygens (including phenoxy) is 1. The van der Waals surface area contributed by atoms with E-state index in [0.29, 0.717) is 24.6 Å². The lowest BCUT2D eigenvalue weighted by atomic mass is 9.79. The number of anilines is 1. The van der Waals surface area contributed by atoms with Gasteiger partial charge in [0, 0.05) is 18.2 Å². The summed E-state index contributed by atoms with van der Waals surface area (Å²) in [6, 6.07) is 4.50. The van der Waals surface area contributed by atoms with E-state index in [0.717, 1.165) is 12.8 Å². The van der Waals surface area contributed by atoms with Crippen molar-refractivity contribution in [2.45, 2.75) is 18.9 Å². The minimum Gasteiger partial charge on any atom is -0.490 e. The van der Waals surface area contributed by atoms with Crippen LogP contribution in [0.2, 0.25) is 0 Å². The van der Waals surface area contributed by atoms with E-state index in [4.69, 9.17) is 4.74 Å². The molecule has 0 spiro atoms. The average molecular weight is 302 g/mol. The third-order valence-electron chi connectivity index (χ3n) is 4.33. The minimum atomic E-state index is -0.365. The molecule has 0 bridgehead atoms. The highest BCUT2D eigenvalue weighted by Gasteiger charge is 2.39. The summed E-state index contributed by atoms with van der Waals surface area (Å²) in [4.78, 5) is 14.3. The molecule has 0 atom stereocenters. The summed E-state index contributed by atoms with van der Waals surface area (Å²) in [6.45, 7) is 0.892. The summed E-state index contributed by atoms with van der Waals surface area (Å²) in [6.07, 6.45) is 4.93. The Morgan fingerprint density at radius 2 is 2.23 bits per heavy atom. The van der Waals surface area contributed by atoms with Crippen molar-refractivity contribution >= 4 is 11.6 Å². The fraction of sp³-hybridized carbons (Fsp3) is 0.400. The van der Waals surface area contributed by atoms with E-state index >= 15 is 0 Å². The average Bonchev–Trinajstić information content (AvgIpc) is 2.98. The van der Waals surface area contributed by atoms with Gasteiger partial charge in [-0.25, -0.2) is 9.07 Å². The lowest BCUT2D eigenvalue weighted by Crippen LogP contribution is -2.45. The van der Waals surface area contributed by atoms with Crippen molar-refractivity contribution < 1.29 is 13.9 Å². The van der Waals surface area contributed by atoms with E-state index in [1.165, 1.54) is 12.1 Å².